The van der Waals surface area contributed by atoms with Crippen LogP contribution in [0.2, 0.25) is 0 Å². The number of hydrogen-bond acceptors (Lipinski definition) is 1. The van der Waals surface area contributed by atoms with Crippen molar-refractivity contribution in [2.24, 2.45) is 11.7 Å². The lowest BCUT2D eigenvalue weighted by Gasteiger charge is -2.01. The van der Waals surface area contributed by atoms with E-state index in [-0.39, 0.29) is 17.6 Å². The number of halogens is 2. The Bertz CT molecular complexity index is 325. The summed E-state index contributed by atoms with van der Waals surface area (Å²) >= 11 is 0. The lowest BCUT2D eigenvalue weighted by atomic mass is 10.1. The molecule has 2 unspecified atom stereocenters. The molecule has 1 fully saturated rings. The van der Waals surface area contributed by atoms with E-state index in [1.54, 1.807) is 0 Å². The second-order valence-electron chi connectivity index (χ2n) is 3.50. The first-order valence-corrected chi connectivity index (χ1v) is 4.37. The van der Waals surface area contributed by atoms with Gasteiger partial charge in [0.1, 0.15) is 11.6 Å². The van der Waals surface area contributed by atoms with Crippen LogP contribution in [0.3, 0.4) is 0 Å². The molecule has 2 rings (SSSR count). The van der Waals surface area contributed by atoms with Crippen molar-refractivity contribution in [2.45, 2.75) is 12.3 Å². The third kappa shape index (κ3) is 1.56. The fourth-order valence-corrected chi connectivity index (χ4v) is 1.69. The molecule has 1 nitrogen and oxygen atoms in total. The van der Waals surface area contributed by atoms with Crippen LogP contribution < -0.4 is 5.73 Å². The summed E-state index contributed by atoms with van der Waals surface area (Å²) < 4.78 is 25.9. The molecular weight excluding hydrogens is 172 g/mol. The van der Waals surface area contributed by atoms with E-state index in [1.807, 2.05) is 0 Å². The van der Waals surface area contributed by atoms with Gasteiger partial charge in [0.25, 0.3) is 0 Å². The van der Waals surface area contributed by atoms with E-state index in [4.69, 9.17) is 5.73 Å². The van der Waals surface area contributed by atoms with E-state index in [0.717, 1.165) is 12.5 Å². The Hall–Kier alpha value is -0.960. The molecular formula is C10H11F2N. The zero-order chi connectivity index (χ0) is 9.42. The van der Waals surface area contributed by atoms with Crippen LogP contribution in [-0.2, 0) is 0 Å². The highest BCUT2D eigenvalue weighted by molar-refractivity contribution is 5.28. The molecule has 1 aromatic rings. The van der Waals surface area contributed by atoms with E-state index >= 15 is 0 Å². The van der Waals surface area contributed by atoms with Gasteiger partial charge in [-0.1, -0.05) is 0 Å². The molecule has 1 aliphatic rings. The van der Waals surface area contributed by atoms with Crippen molar-refractivity contribution in [1.29, 1.82) is 0 Å². The highest BCUT2D eigenvalue weighted by Crippen LogP contribution is 2.47. The van der Waals surface area contributed by atoms with Crippen LogP contribution in [-0.4, -0.2) is 6.54 Å². The molecule has 0 aliphatic heterocycles. The van der Waals surface area contributed by atoms with Crippen molar-refractivity contribution in [3.63, 3.8) is 0 Å². The maximum atomic E-state index is 13.2. The molecule has 0 spiro atoms. The standard InChI is InChI=1S/C10H11F2N/c11-7-1-2-10(12)9(4-7)8-3-6(8)5-13/h1-2,4,6,8H,3,5,13H2. The Morgan fingerprint density at radius 3 is 2.77 bits per heavy atom. The third-order valence-electron chi connectivity index (χ3n) is 2.58. The maximum Gasteiger partial charge on any atom is 0.126 e. The van der Waals surface area contributed by atoms with Gasteiger partial charge in [-0.2, -0.15) is 0 Å². The normalized spacial score (nSPS) is 26.1. The van der Waals surface area contributed by atoms with Crippen LogP contribution in [0.25, 0.3) is 0 Å². The van der Waals surface area contributed by atoms with Gasteiger partial charge in [0.2, 0.25) is 0 Å². The van der Waals surface area contributed by atoms with Crippen LogP contribution in [0, 0.1) is 17.6 Å². The van der Waals surface area contributed by atoms with Gasteiger partial charge < -0.3 is 5.73 Å². The van der Waals surface area contributed by atoms with Gasteiger partial charge in [0.05, 0.1) is 0 Å². The van der Waals surface area contributed by atoms with Gasteiger partial charge in [0, 0.05) is 0 Å². The van der Waals surface area contributed by atoms with Crippen LogP contribution in [0.1, 0.15) is 17.9 Å². The topological polar surface area (TPSA) is 26.0 Å². The van der Waals surface area contributed by atoms with Crippen molar-refractivity contribution in [1.82, 2.24) is 0 Å². The molecule has 70 valence electrons. The summed E-state index contributed by atoms with van der Waals surface area (Å²) in [6, 6.07) is 3.59. The zero-order valence-corrected chi connectivity index (χ0v) is 7.13. The first kappa shape index (κ1) is 8.63. The first-order valence-electron chi connectivity index (χ1n) is 4.37. The Labute approximate surface area is 75.6 Å². The highest BCUT2D eigenvalue weighted by atomic mass is 19.1. The number of nitrogens with two attached hydrogens (primary N) is 1. The third-order valence-corrected chi connectivity index (χ3v) is 2.58. The van der Waals surface area contributed by atoms with Crippen molar-refractivity contribution in [2.75, 3.05) is 6.54 Å². The summed E-state index contributed by atoms with van der Waals surface area (Å²) in [6.45, 7) is 0.556. The molecule has 1 aromatic carbocycles. The molecule has 0 bridgehead atoms. The molecule has 3 heteroatoms. The lowest BCUT2D eigenvalue weighted by molar-refractivity contribution is 0.582. The van der Waals surface area contributed by atoms with Crippen LogP contribution in [0.15, 0.2) is 18.2 Å². The van der Waals surface area contributed by atoms with Crippen molar-refractivity contribution in [3.8, 4) is 0 Å². The van der Waals surface area contributed by atoms with Crippen molar-refractivity contribution < 1.29 is 8.78 Å². The van der Waals surface area contributed by atoms with Gasteiger partial charge in [-0.15, -0.1) is 0 Å². The van der Waals surface area contributed by atoms with Gasteiger partial charge in [-0.05, 0) is 48.6 Å². The lowest BCUT2D eigenvalue weighted by Crippen LogP contribution is -2.02. The average molecular weight is 183 g/mol. The van der Waals surface area contributed by atoms with Crippen LogP contribution in [0.5, 0.6) is 0 Å². The molecule has 0 radical (unpaired) electrons. The van der Waals surface area contributed by atoms with E-state index < -0.39 is 0 Å². The maximum absolute atomic E-state index is 13.2. The summed E-state index contributed by atoms with van der Waals surface area (Å²) in [5, 5.41) is 0. The molecule has 13 heavy (non-hydrogen) atoms. The minimum atomic E-state index is -0.376. The quantitative estimate of drug-likeness (QED) is 0.745. The van der Waals surface area contributed by atoms with E-state index in [0.29, 0.717) is 18.0 Å². The van der Waals surface area contributed by atoms with Crippen LogP contribution >= 0.6 is 0 Å². The molecule has 0 heterocycles. The Morgan fingerprint density at radius 1 is 1.38 bits per heavy atom. The summed E-state index contributed by atoms with van der Waals surface area (Å²) in [6.07, 6.45) is 0.886. The van der Waals surface area contributed by atoms with E-state index in [9.17, 15) is 8.78 Å². The summed E-state index contributed by atoms with van der Waals surface area (Å²) in [5.41, 5.74) is 5.92. The molecule has 2 N–H and O–H groups in total. The average Bonchev–Trinajstić information content (AvgIpc) is 2.88. The minimum absolute atomic E-state index is 0.140. The Morgan fingerprint density at radius 2 is 2.15 bits per heavy atom. The van der Waals surface area contributed by atoms with Gasteiger partial charge in [-0.25, -0.2) is 8.78 Å². The fraction of sp³-hybridized carbons (Fsp3) is 0.400. The molecule has 0 aromatic heterocycles. The van der Waals surface area contributed by atoms with Crippen molar-refractivity contribution >= 4 is 0 Å². The number of hydrogen-bond donors (Lipinski definition) is 1. The Kier molecular flexibility index (Phi) is 2.04. The Balaban J connectivity index is 2.25. The SMILES string of the molecule is NCC1CC1c1cc(F)ccc1F. The second kappa shape index (κ2) is 3.07. The summed E-state index contributed by atoms with van der Waals surface area (Å²) in [7, 11) is 0. The monoisotopic (exact) mass is 183 g/mol. The molecule has 1 saturated carbocycles. The van der Waals surface area contributed by atoms with Crippen LogP contribution in [0.4, 0.5) is 8.78 Å². The number of benzene rings is 1. The predicted octanol–water partition coefficient (Wildman–Crippen LogP) is 2.03. The smallest absolute Gasteiger partial charge is 0.126 e. The zero-order valence-electron chi connectivity index (χ0n) is 7.13. The first-order chi connectivity index (χ1) is 6.22. The minimum Gasteiger partial charge on any atom is -0.330 e. The molecule has 2 atom stereocenters. The predicted molar refractivity (Wildman–Crippen MR) is 46.3 cm³/mol. The number of rotatable bonds is 2. The summed E-state index contributed by atoms with van der Waals surface area (Å²) in [4.78, 5) is 0. The van der Waals surface area contributed by atoms with Gasteiger partial charge >= 0.3 is 0 Å². The van der Waals surface area contributed by atoms with E-state index in [2.05, 4.69) is 0 Å². The second-order valence-corrected chi connectivity index (χ2v) is 3.50. The molecule has 1 aliphatic carbocycles. The van der Waals surface area contributed by atoms with Gasteiger partial charge in [0.15, 0.2) is 0 Å². The largest absolute Gasteiger partial charge is 0.330 e. The van der Waals surface area contributed by atoms with Crippen molar-refractivity contribution in [3.05, 3.63) is 35.4 Å². The fourth-order valence-electron chi connectivity index (χ4n) is 1.69. The molecule has 0 saturated heterocycles. The highest BCUT2D eigenvalue weighted by Gasteiger charge is 2.38. The van der Waals surface area contributed by atoms with Gasteiger partial charge in [-0.3, -0.25) is 0 Å². The molecule has 0 amide bonds. The van der Waals surface area contributed by atoms with E-state index in [1.165, 1.54) is 12.1 Å². The summed E-state index contributed by atoms with van der Waals surface area (Å²) in [5.74, 6) is -0.210.